The van der Waals surface area contributed by atoms with E-state index in [0.29, 0.717) is 6.61 Å². The molecule has 0 amide bonds. The third-order valence-corrected chi connectivity index (χ3v) is 3.08. The summed E-state index contributed by atoms with van der Waals surface area (Å²) in [5.41, 5.74) is 2.83. The predicted molar refractivity (Wildman–Crippen MR) is 75.3 cm³/mol. The van der Waals surface area contributed by atoms with E-state index in [0.717, 1.165) is 16.9 Å². The fourth-order valence-electron chi connectivity index (χ4n) is 2.23. The Morgan fingerprint density at radius 2 is 2.05 bits per heavy atom. The number of rotatable bonds is 4. The number of imidazole rings is 1. The van der Waals surface area contributed by atoms with Crippen LogP contribution in [0.25, 0.3) is 16.9 Å². The van der Waals surface area contributed by atoms with Crippen molar-refractivity contribution in [3.8, 4) is 11.3 Å². The van der Waals surface area contributed by atoms with Gasteiger partial charge in [-0.05, 0) is 6.92 Å². The fraction of sp³-hybridized carbons (Fsp3) is 0.200. The number of hydrogen-bond acceptors (Lipinski definition) is 3. The number of esters is 1. The van der Waals surface area contributed by atoms with E-state index in [1.807, 2.05) is 58.0 Å². The van der Waals surface area contributed by atoms with Crippen molar-refractivity contribution >= 4 is 11.6 Å². The average molecular weight is 269 g/mol. The smallest absolute Gasteiger partial charge is 0.327 e. The molecule has 0 saturated carbocycles. The van der Waals surface area contributed by atoms with Crippen LogP contribution < -0.4 is 0 Å². The molecule has 5 heteroatoms. The Hall–Kier alpha value is -2.56. The number of aromatic nitrogens is 3. The summed E-state index contributed by atoms with van der Waals surface area (Å²) in [6.45, 7) is 2.36. The van der Waals surface area contributed by atoms with Gasteiger partial charge in [0, 0.05) is 17.8 Å². The molecule has 0 bridgehead atoms. The largest absolute Gasteiger partial charge is 0.465 e. The van der Waals surface area contributed by atoms with Crippen LogP contribution in [-0.4, -0.2) is 26.8 Å². The van der Waals surface area contributed by atoms with Crippen molar-refractivity contribution in [2.45, 2.75) is 13.5 Å². The lowest BCUT2D eigenvalue weighted by Crippen LogP contribution is -2.16. The third kappa shape index (κ3) is 2.18. The molecule has 102 valence electrons. The van der Waals surface area contributed by atoms with E-state index in [9.17, 15) is 4.79 Å². The average Bonchev–Trinajstić information content (AvgIpc) is 3.03. The van der Waals surface area contributed by atoms with Gasteiger partial charge in [-0.25, -0.2) is 9.50 Å². The first-order chi connectivity index (χ1) is 9.79. The first-order valence-corrected chi connectivity index (χ1v) is 6.53. The Morgan fingerprint density at radius 1 is 1.25 bits per heavy atom. The summed E-state index contributed by atoms with van der Waals surface area (Å²) in [6, 6.07) is 11.8. The van der Waals surface area contributed by atoms with Crippen molar-refractivity contribution in [3.05, 3.63) is 48.8 Å². The fourth-order valence-corrected chi connectivity index (χ4v) is 2.23. The van der Waals surface area contributed by atoms with Crippen molar-refractivity contribution < 1.29 is 9.53 Å². The maximum Gasteiger partial charge on any atom is 0.327 e. The van der Waals surface area contributed by atoms with Gasteiger partial charge < -0.3 is 4.74 Å². The summed E-state index contributed by atoms with van der Waals surface area (Å²) in [7, 11) is 0. The van der Waals surface area contributed by atoms with Crippen molar-refractivity contribution in [2.24, 2.45) is 0 Å². The summed E-state index contributed by atoms with van der Waals surface area (Å²) >= 11 is 0. The summed E-state index contributed by atoms with van der Waals surface area (Å²) in [6.07, 6.45) is 3.65. The molecule has 20 heavy (non-hydrogen) atoms. The second kappa shape index (κ2) is 5.21. The molecule has 5 nitrogen and oxygen atoms in total. The van der Waals surface area contributed by atoms with Gasteiger partial charge in [0.15, 0.2) is 5.65 Å². The molecule has 0 N–H and O–H groups in total. The van der Waals surface area contributed by atoms with Crippen molar-refractivity contribution in [1.29, 1.82) is 0 Å². The summed E-state index contributed by atoms with van der Waals surface area (Å²) in [5.74, 6) is -0.252. The Balaban J connectivity index is 2.03. The van der Waals surface area contributed by atoms with E-state index in [2.05, 4.69) is 4.98 Å². The molecular formula is C15H15N3O2. The van der Waals surface area contributed by atoms with E-state index in [-0.39, 0.29) is 12.5 Å². The number of carbonyl (C=O) groups excluding carboxylic acids is 1. The van der Waals surface area contributed by atoms with Gasteiger partial charge in [0.1, 0.15) is 6.54 Å². The normalized spacial score (nSPS) is 10.8. The summed E-state index contributed by atoms with van der Waals surface area (Å²) in [4.78, 5) is 16.0. The first kappa shape index (κ1) is 12.5. The quantitative estimate of drug-likeness (QED) is 0.683. The van der Waals surface area contributed by atoms with Crippen LogP contribution in [0.1, 0.15) is 6.92 Å². The topological polar surface area (TPSA) is 48.5 Å². The van der Waals surface area contributed by atoms with Gasteiger partial charge in [-0.15, -0.1) is 0 Å². The van der Waals surface area contributed by atoms with Gasteiger partial charge in [-0.1, -0.05) is 30.3 Å². The SMILES string of the molecule is CCOC(=O)Cn1ccc2ncc(-c3ccccc3)n21. The number of carbonyl (C=O) groups is 1. The lowest BCUT2D eigenvalue weighted by Gasteiger charge is -2.08. The Labute approximate surface area is 116 Å². The molecule has 0 fully saturated rings. The Bertz CT molecular complexity index is 728. The molecule has 0 radical (unpaired) electrons. The molecule has 0 aliphatic heterocycles. The predicted octanol–water partition coefficient (Wildman–Crippen LogP) is 2.37. The van der Waals surface area contributed by atoms with E-state index in [1.165, 1.54) is 0 Å². The van der Waals surface area contributed by atoms with Crippen molar-refractivity contribution in [3.63, 3.8) is 0 Å². The number of fused-ring (bicyclic) bond motifs is 1. The maximum absolute atomic E-state index is 11.6. The highest BCUT2D eigenvalue weighted by Gasteiger charge is 2.12. The van der Waals surface area contributed by atoms with Gasteiger partial charge >= 0.3 is 5.97 Å². The highest BCUT2D eigenvalue weighted by molar-refractivity contribution is 5.69. The van der Waals surface area contributed by atoms with Crippen LogP contribution in [0.4, 0.5) is 0 Å². The Morgan fingerprint density at radius 3 is 2.80 bits per heavy atom. The molecule has 0 aliphatic rings. The van der Waals surface area contributed by atoms with Crippen LogP contribution in [0, 0.1) is 0 Å². The molecule has 0 aliphatic carbocycles. The van der Waals surface area contributed by atoms with Gasteiger partial charge in [0.2, 0.25) is 0 Å². The zero-order valence-electron chi connectivity index (χ0n) is 11.2. The molecule has 2 heterocycles. The van der Waals surface area contributed by atoms with E-state index >= 15 is 0 Å². The van der Waals surface area contributed by atoms with Crippen LogP contribution >= 0.6 is 0 Å². The second-order valence-corrected chi connectivity index (χ2v) is 4.40. The molecule has 1 aromatic carbocycles. The number of ether oxygens (including phenoxy) is 1. The zero-order valence-corrected chi connectivity index (χ0v) is 11.2. The minimum absolute atomic E-state index is 0.174. The minimum atomic E-state index is -0.252. The monoisotopic (exact) mass is 269 g/mol. The molecular weight excluding hydrogens is 254 g/mol. The molecule has 2 aromatic heterocycles. The number of hydrogen-bond donors (Lipinski definition) is 0. The molecule has 0 saturated heterocycles. The van der Waals surface area contributed by atoms with Crippen LogP contribution in [0.2, 0.25) is 0 Å². The van der Waals surface area contributed by atoms with Crippen LogP contribution in [-0.2, 0) is 16.1 Å². The summed E-state index contributed by atoms with van der Waals surface area (Å²) < 4.78 is 8.72. The zero-order chi connectivity index (χ0) is 13.9. The first-order valence-electron chi connectivity index (χ1n) is 6.53. The second-order valence-electron chi connectivity index (χ2n) is 4.40. The number of benzene rings is 1. The van der Waals surface area contributed by atoms with Crippen LogP contribution in [0.3, 0.4) is 0 Å². The maximum atomic E-state index is 11.6. The van der Waals surface area contributed by atoms with Crippen LogP contribution in [0.5, 0.6) is 0 Å². The van der Waals surface area contributed by atoms with Gasteiger partial charge in [-0.3, -0.25) is 9.48 Å². The summed E-state index contributed by atoms with van der Waals surface area (Å²) in [5, 5.41) is 0. The van der Waals surface area contributed by atoms with Gasteiger partial charge in [0.05, 0.1) is 18.5 Å². The van der Waals surface area contributed by atoms with Crippen LogP contribution in [0.15, 0.2) is 48.8 Å². The van der Waals surface area contributed by atoms with E-state index in [1.54, 1.807) is 6.92 Å². The number of nitrogens with zero attached hydrogens (tertiary/aromatic N) is 3. The minimum Gasteiger partial charge on any atom is -0.465 e. The third-order valence-electron chi connectivity index (χ3n) is 3.08. The van der Waals surface area contributed by atoms with E-state index in [4.69, 9.17) is 4.74 Å². The molecule has 3 aromatic rings. The molecule has 0 unspecified atom stereocenters. The van der Waals surface area contributed by atoms with Gasteiger partial charge in [-0.2, -0.15) is 0 Å². The standard InChI is InChI=1S/C15H15N3O2/c1-2-20-15(19)11-17-9-8-14-16-10-13(18(14)17)12-6-4-3-5-7-12/h3-10H,2,11H2,1H3. The van der Waals surface area contributed by atoms with E-state index < -0.39 is 0 Å². The Kier molecular flexibility index (Phi) is 3.25. The molecule has 0 atom stereocenters. The molecule has 0 spiro atoms. The highest BCUT2D eigenvalue weighted by Crippen LogP contribution is 2.20. The molecule has 3 rings (SSSR count). The lowest BCUT2D eigenvalue weighted by molar-refractivity contribution is -0.144. The van der Waals surface area contributed by atoms with Crippen molar-refractivity contribution in [2.75, 3.05) is 6.61 Å². The van der Waals surface area contributed by atoms with Crippen molar-refractivity contribution in [1.82, 2.24) is 14.2 Å². The van der Waals surface area contributed by atoms with Gasteiger partial charge in [0.25, 0.3) is 0 Å². The highest BCUT2D eigenvalue weighted by atomic mass is 16.5. The lowest BCUT2D eigenvalue weighted by atomic mass is 10.2.